The second kappa shape index (κ2) is 7.14. The van der Waals surface area contributed by atoms with E-state index in [4.69, 9.17) is 0 Å². The first-order chi connectivity index (χ1) is 9.35. The summed E-state index contributed by atoms with van der Waals surface area (Å²) in [5, 5.41) is 2.74. The van der Waals surface area contributed by atoms with Crippen molar-refractivity contribution in [3.8, 4) is 0 Å². The van der Waals surface area contributed by atoms with E-state index in [-0.39, 0.29) is 36.3 Å². The number of carbonyl (C=O) groups is 2. The van der Waals surface area contributed by atoms with Crippen molar-refractivity contribution in [2.45, 2.75) is 19.8 Å². The van der Waals surface area contributed by atoms with Gasteiger partial charge in [-0.05, 0) is 36.7 Å². The minimum Gasteiger partial charge on any atom is -0.334 e. The van der Waals surface area contributed by atoms with Crippen LogP contribution in [-0.4, -0.2) is 43.8 Å². The predicted octanol–water partition coefficient (Wildman–Crippen LogP) is 1.81. The minimum atomic E-state index is -0.436. The molecular weight excluding hydrogens is 259 g/mol. The van der Waals surface area contributed by atoms with Crippen LogP contribution in [-0.2, 0) is 4.79 Å². The molecule has 4 nitrogen and oxygen atoms in total. The fourth-order valence-corrected chi connectivity index (χ4v) is 1.88. The number of nitrogens with zero attached hydrogens (tertiary/aromatic N) is 1. The first kappa shape index (κ1) is 16.3. The van der Waals surface area contributed by atoms with E-state index in [1.54, 1.807) is 13.1 Å². The van der Waals surface area contributed by atoms with Gasteiger partial charge in [-0.3, -0.25) is 9.59 Å². The summed E-state index contributed by atoms with van der Waals surface area (Å²) >= 11 is 0. The molecule has 110 valence electrons. The highest BCUT2D eigenvalue weighted by molar-refractivity contribution is 5.97. The van der Waals surface area contributed by atoms with E-state index in [2.05, 4.69) is 5.32 Å². The molecule has 0 aliphatic rings. The number of carbonyl (C=O) groups excluding carboxylic acids is 2. The first-order valence-corrected chi connectivity index (χ1v) is 6.57. The average molecular weight is 280 g/mol. The van der Waals surface area contributed by atoms with E-state index >= 15 is 0 Å². The molecule has 0 radical (unpaired) electrons. The summed E-state index contributed by atoms with van der Waals surface area (Å²) in [6.45, 7) is 4.08. The summed E-state index contributed by atoms with van der Waals surface area (Å²) in [7, 11) is 3.21. The maximum absolute atomic E-state index is 13.5. The predicted molar refractivity (Wildman–Crippen MR) is 76.4 cm³/mol. The smallest absolute Gasteiger partial charge is 0.254 e. The quantitative estimate of drug-likeness (QED) is 0.864. The van der Waals surface area contributed by atoms with E-state index in [0.29, 0.717) is 0 Å². The largest absolute Gasteiger partial charge is 0.334 e. The molecule has 1 N–H and O–H groups in total. The van der Waals surface area contributed by atoms with Gasteiger partial charge >= 0.3 is 0 Å². The summed E-state index contributed by atoms with van der Waals surface area (Å²) in [5.74, 6) is -0.748. The summed E-state index contributed by atoms with van der Waals surface area (Å²) in [5.41, 5.74) is 1.04. The molecule has 0 aliphatic carbocycles. The van der Waals surface area contributed by atoms with Crippen molar-refractivity contribution in [3.05, 3.63) is 35.1 Å². The molecule has 0 saturated carbocycles. The van der Waals surface area contributed by atoms with Gasteiger partial charge in [-0.15, -0.1) is 0 Å². The van der Waals surface area contributed by atoms with Crippen molar-refractivity contribution in [2.24, 2.45) is 0 Å². The van der Waals surface area contributed by atoms with Gasteiger partial charge in [0.2, 0.25) is 0 Å². The van der Waals surface area contributed by atoms with Crippen LogP contribution in [0.2, 0.25) is 0 Å². The van der Waals surface area contributed by atoms with Gasteiger partial charge in [-0.1, -0.05) is 13.8 Å². The van der Waals surface area contributed by atoms with Gasteiger partial charge < -0.3 is 10.2 Å². The highest BCUT2D eigenvalue weighted by Gasteiger charge is 2.16. The van der Waals surface area contributed by atoms with E-state index in [1.807, 2.05) is 13.8 Å². The van der Waals surface area contributed by atoms with Crippen molar-refractivity contribution < 1.29 is 14.0 Å². The molecule has 0 bridgehead atoms. The summed E-state index contributed by atoms with van der Waals surface area (Å²) in [6.07, 6.45) is 0. The Labute approximate surface area is 119 Å². The van der Waals surface area contributed by atoms with Crippen molar-refractivity contribution in [1.29, 1.82) is 0 Å². The fraction of sp³-hybridized carbons (Fsp3) is 0.467. The van der Waals surface area contributed by atoms with Crippen LogP contribution in [0.1, 0.15) is 35.7 Å². The van der Waals surface area contributed by atoms with Crippen LogP contribution in [0.4, 0.5) is 4.39 Å². The lowest BCUT2D eigenvalue weighted by Crippen LogP contribution is -2.35. The average Bonchev–Trinajstić information content (AvgIpc) is 2.37. The van der Waals surface area contributed by atoms with Gasteiger partial charge in [0.1, 0.15) is 5.82 Å². The Hall–Kier alpha value is -1.75. The molecule has 0 saturated heterocycles. The Bertz CT molecular complexity index is 501. The fourth-order valence-electron chi connectivity index (χ4n) is 1.88. The van der Waals surface area contributed by atoms with Crippen LogP contribution in [0, 0.1) is 5.82 Å². The van der Waals surface area contributed by atoms with Crippen molar-refractivity contribution in [1.82, 2.24) is 10.2 Å². The molecule has 0 fully saturated rings. The lowest BCUT2D eigenvalue weighted by atomic mass is 10.00. The Morgan fingerprint density at radius 2 is 1.95 bits per heavy atom. The summed E-state index contributed by atoms with van der Waals surface area (Å²) < 4.78 is 13.5. The summed E-state index contributed by atoms with van der Waals surface area (Å²) in [4.78, 5) is 25.0. The molecule has 0 unspecified atom stereocenters. The number of hydrogen-bond acceptors (Lipinski definition) is 3. The second-order valence-electron chi connectivity index (χ2n) is 5.16. The lowest BCUT2D eigenvalue weighted by molar-refractivity contribution is -0.118. The molecule has 0 aromatic heterocycles. The van der Waals surface area contributed by atoms with Gasteiger partial charge in [-0.25, -0.2) is 4.39 Å². The van der Waals surface area contributed by atoms with Gasteiger partial charge in [0.05, 0.1) is 13.1 Å². The van der Waals surface area contributed by atoms with E-state index in [9.17, 15) is 14.0 Å². The molecule has 1 aromatic rings. The third-order valence-electron chi connectivity index (χ3n) is 2.97. The molecule has 5 heteroatoms. The zero-order chi connectivity index (χ0) is 15.3. The zero-order valence-corrected chi connectivity index (χ0v) is 12.4. The molecule has 1 rings (SSSR count). The Balaban J connectivity index is 2.88. The monoisotopic (exact) mass is 280 g/mol. The highest BCUT2D eigenvalue weighted by Crippen LogP contribution is 2.18. The van der Waals surface area contributed by atoms with Gasteiger partial charge in [0.15, 0.2) is 5.78 Å². The van der Waals surface area contributed by atoms with Crippen LogP contribution in [0.25, 0.3) is 0 Å². The topological polar surface area (TPSA) is 49.4 Å². The van der Waals surface area contributed by atoms with Crippen molar-refractivity contribution >= 4 is 11.7 Å². The summed E-state index contributed by atoms with van der Waals surface area (Å²) in [6, 6.07) is 4.30. The Kier molecular flexibility index (Phi) is 5.82. The highest BCUT2D eigenvalue weighted by atomic mass is 19.1. The molecule has 1 aromatic carbocycles. The van der Waals surface area contributed by atoms with Crippen LogP contribution in [0.3, 0.4) is 0 Å². The van der Waals surface area contributed by atoms with Crippen molar-refractivity contribution in [2.75, 3.05) is 27.2 Å². The number of halogens is 1. The Morgan fingerprint density at radius 1 is 1.30 bits per heavy atom. The van der Waals surface area contributed by atoms with E-state index in [0.717, 1.165) is 5.56 Å². The van der Waals surface area contributed by atoms with Crippen LogP contribution < -0.4 is 5.32 Å². The number of rotatable bonds is 6. The first-order valence-electron chi connectivity index (χ1n) is 6.57. The Morgan fingerprint density at radius 3 is 2.50 bits per heavy atom. The second-order valence-corrected chi connectivity index (χ2v) is 5.16. The molecule has 0 aliphatic heterocycles. The molecular formula is C15H21FN2O2. The molecule has 20 heavy (non-hydrogen) atoms. The normalized spacial score (nSPS) is 10.7. The number of benzene rings is 1. The maximum atomic E-state index is 13.5. The number of nitrogens with one attached hydrogen (secondary N) is 1. The number of amides is 1. The van der Waals surface area contributed by atoms with Crippen LogP contribution in [0.5, 0.6) is 0 Å². The molecule has 1 amide bonds. The van der Waals surface area contributed by atoms with Gasteiger partial charge in [0, 0.05) is 12.6 Å². The van der Waals surface area contributed by atoms with Crippen LogP contribution >= 0.6 is 0 Å². The molecule has 0 atom stereocenters. The van der Waals surface area contributed by atoms with Gasteiger partial charge in [0.25, 0.3) is 5.91 Å². The van der Waals surface area contributed by atoms with Crippen molar-refractivity contribution in [3.63, 3.8) is 0 Å². The van der Waals surface area contributed by atoms with E-state index in [1.165, 1.54) is 24.1 Å². The minimum absolute atomic E-state index is 0.00714. The third kappa shape index (κ3) is 4.42. The third-order valence-corrected chi connectivity index (χ3v) is 2.97. The standard InChI is InChI=1S/C15H21FN2O2/c1-10(2)11-5-12(7-13(16)6-11)15(20)18(4)9-14(19)8-17-3/h5-7,10,17H,8-9H2,1-4H3. The SMILES string of the molecule is CNCC(=O)CN(C)C(=O)c1cc(F)cc(C(C)C)c1. The maximum Gasteiger partial charge on any atom is 0.254 e. The van der Waals surface area contributed by atoms with Gasteiger partial charge in [-0.2, -0.15) is 0 Å². The van der Waals surface area contributed by atoms with E-state index < -0.39 is 5.82 Å². The molecule has 0 spiro atoms. The van der Waals surface area contributed by atoms with Crippen LogP contribution in [0.15, 0.2) is 18.2 Å². The number of hydrogen-bond donors (Lipinski definition) is 1. The lowest BCUT2D eigenvalue weighted by Gasteiger charge is -2.17. The number of likely N-dealkylation sites (N-methyl/N-ethyl adjacent to an activating group) is 2. The molecule has 0 heterocycles. The zero-order valence-electron chi connectivity index (χ0n) is 12.4. The number of Topliss-reactive ketones (excluding diaryl/α,β-unsaturated/α-hetero) is 1. The number of ketones is 1.